The van der Waals surface area contributed by atoms with Crippen molar-refractivity contribution >= 4 is 0 Å². The molecule has 4 heteroatoms. The predicted octanol–water partition coefficient (Wildman–Crippen LogP) is 3.63. The molecule has 0 N–H and O–H groups in total. The van der Waals surface area contributed by atoms with Crippen LogP contribution in [0.4, 0.5) is 0 Å². The van der Waals surface area contributed by atoms with Crippen LogP contribution in [0.5, 0.6) is 17.2 Å². The molecule has 2 aliphatic rings. The van der Waals surface area contributed by atoms with E-state index in [4.69, 9.17) is 14.2 Å². The van der Waals surface area contributed by atoms with Crippen molar-refractivity contribution < 1.29 is 14.2 Å². The van der Waals surface area contributed by atoms with E-state index in [1.165, 1.54) is 11.1 Å². The highest BCUT2D eigenvalue weighted by Gasteiger charge is 2.28. The number of methoxy groups -OCH3 is 1. The molecule has 0 aliphatic carbocycles. The van der Waals surface area contributed by atoms with Gasteiger partial charge in [0.05, 0.1) is 7.11 Å². The number of hydrogen-bond acceptors (Lipinski definition) is 4. The Morgan fingerprint density at radius 1 is 0.917 bits per heavy atom. The molecule has 0 saturated carbocycles. The third-order valence-corrected chi connectivity index (χ3v) is 5.09. The summed E-state index contributed by atoms with van der Waals surface area (Å²) in [4.78, 5) is 2.42. The number of likely N-dealkylation sites (N-methyl/N-ethyl adjacent to an activating group) is 1. The molecular weight excluding hydrogens is 302 g/mol. The van der Waals surface area contributed by atoms with Crippen molar-refractivity contribution in [2.75, 3.05) is 34.0 Å². The van der Waals surface area contributed by atoms with Crippen molar-refractivity contribution in [3.63, 3.8) is 0 Å². The molecule has 0 bridgehead atoms. The Bertz CT molecular complexity index is 713. The Morgan fingerprint density at radius 2 is 1.58 bits per heavy atom. The Labute approximate surface area is 142 Å². The van der Waals surface area contributed by atoms with Gasteiger partial charge in [0.15, 0.2) is 11.5 Å². The molecule has 4 rings (SSSR count). The summed E-state index contributed by atoms with van der Waals surface area (Å²) < 4.78 is 16.2. The summed E-state index contributed by atoms with van der Waals surface area (Å²) in [7, 11) is 3.91. The Kier molecular flexibility index (Phi) is 4.07. The summed E-state index contributed by atoms with van der Waals surface area (Å²) in [6.45, 7) is 2.50. The number of piperidine rings is 1. The second-order valence-corrected chi connectivity index (χ2v) is 6.74. The summed E-state index contributed by atoms with van der Waals surface area (Å²) in [6, 6.07) is 14.9. The van der Waals surface area contributed by atoms with Gasteiger partial charge in [-0.1, -0.05) is 18.2 Å². The van der Waals surface area contributed by atoms with Gasteiger partial charge in [0.25, 0.3) is 0 Å². The van der Waals surface area contributed by atoms with Crippen LogP contribution in [0.25, 0.3) is 0 Å². The highest BCUT2D eigenvalue weighted by atomic mass is 16.7. The zero-order chi connectivity index (χ0) is 16.5. The zero-order valence-corrected chi connectivity index (χ0v) is 14.2. The lowest BCUT2D eigenvalue weighted by molar-refractivity contribution is 0.174. The van der Waals surface area contributed by atoms with Gasteiger partial charge in [0.1, 0.15) is 5.75 Å². The zero-order valence-electron chi connectivity index (χ0n) is 14.2. The minimum atomic E-state index is 0.331. The van der Waals surface area contributed by atoms with Crippen molar-refractivity contribution in [1.29, 1.82) is 0 Å². The van der Waals surface area contributed by atoms with Crippen LogP contribution in [0.2, 0.25) is 0 Å². The first-order valence-electron chi connectivity index (χ1n) is 8.45. The van der Waals surface area contributed by atoms with Crippen LogP contribution in [-0.2, 0) is 0 Å². The van der Waals surface area contributed by atoms with Gasteiger partial charge in [-0.2, -0.15) is 0 Å². The van der Waals surface area contributed by atoms with E-state index >= 15 is 0 Å². The lowest BCUT2D eigenvalue weighted by Gasteiger charge is -2.36. The van der Waals surface area contributed by atoms with Crippen LogP contribution >= 0.6 is 0 Å². The van der Waals surface area contributed by atoms with E-state index in [-0.39, 0.29) is 0 Å². The summed E-state index contributed by atoms with van der Waals surface area (Å²) in [5, 5.41) is 0. The molecule has 2 aromatic carbocycles. The first-order valence-corrected chi connectivity index (χ1v) is 8.45. The van der Waals surface area contributed by atoms with Crippen molar-refractivity contribution in [2.24, 2.45) is 0 Å². The smallest absolute Gasteiger partial charge is 0.231 e. The van der Waals surface area contributed by atoms with E-state index in [1.54, 1.807) is 7.11 Å². The maximum atomic E-state index is 5.54. The van der Waals surface area contributed by atoms with Gasteiger partial charge in [-0.3, -0.25) is 0 Å². The molecular formula is C20H23NO3. The van der Waals surface area contributed by atoms with E-state index in [0.29, 0.717) is 18.6 Å². The molecule has 4 nitrogen and oxygen atoms in total. The second-order valence-electron chi connectivity index (χ2n) is 6.74. The summed E-state index contributed by atoms with van der Waals surface area (Å²) in [5.74, 6) is 3.68. The van der Waals surface area contributed by atoms with E-state index < -0.39 is 0 Å². The Hall–Kier alpha value is -2.20. The summed E-state index contributed by atoms with van der Waals surface area (Å²) in [5.41, 5.74) is 2.72. The van der Waals surface area contributed by atoms with Crippen LogP contribution in [0.15, 0.2) is 42.5 Å². The van der Waals surface area contributed by atoms with Gasteiger partial charge in [0, 0.05) is 13.1 Å². The molecule has 0 amide bonds. The average molecular weight is 325 g/mol. The molecule has 24 heavy (non-hydrogen) atoms. The highest BCUT2D eigenvalue weighted by Crippen LogP contribution is 2.40. The van der Waals surface area contributed by atoms with Crippen LogP contribution < -0.4 is 14.2 Å². The molecule has 2 heterocycles. The average Bonchev–Trinajstić information content (AvgIpc) is 3.09. The first kappa shape index (κ1) is 15.3. The minimum absolute atomic E-state index is 0.331. The molecule has 2 aromatic rings. The Morgan fingerprint density at radius 3 is 2.33 bits per heavy atom. The standard InChI is InChI=1S/C20H23NO3/c1-21-11-16(14-3-6-18(22-2)7-4-14)9-17(12-21)15-5-8-19-20(10-15)24-13-23-19/h3-8,10,16-17H,9,11-13H2,1-2H3. The first-order chi connectivity index (χ1) is 11.7. The van der Waals surface area contributed by atoms with E-state index in [9.17, 15) is 0 Å². The second kappa shape index (κ2) is 6.36. The third-order valence-electron chi connectivity index (χ3n) is 5.09. The molecule has 0 aromatic heterocycles. The summed E-state index contributed by atoms with van der Waals surface area (Å²) >= 11 is 0. The minimum Gasteiger partial charge on any atom is -0.497 e. The van der Waals surface area contributed by atoms with Gasteiger partial charge < -0.3 is 19.1 Å². The SMILES string of the molecule is COc1ccc(C2CC(c3ccc4c(c3)OCO4)CN(C)C2)cc1. The molecule has 1 saturated heterocycles. The maximum absolute atomic E-state index is 5.54. The lowest BCUT2D eigenvalue weighted by atomic mass is 9.81. The third kappa shape index (κ3) is 2.94. The van der Waals surface area contributed by atoms with E-state index in [0.717, 1.165) is 36.8 Å². The van der Waals surface area contributed by atoms with Gasteiger partial charge in [-0.25, -0.2) is 0 Å². The lowest BCUT2D eigenvalue weighted by Crippen LogP contribution is -2.35. The maximum Gasteiger partial charge on any atom is 0.231 e. The van der Waals surface area contributed by atoms with Crippen molar-refractivity contribution in [2.45, 2.75) is 18.3 Å². The van der Waals surface area contributed by atoms with Gasteiger partial charge in [0.2, 0.25) is 6.79 Å². The van der Waals surface area contributed by atoms with E-state index in [2.05, 4.69) is 48.3 Å². The molecule has 1 fully saturated rings. The van der Waals surface area contributed by atoms with Crippen LogP contribution in [0.3, 0.4) is 0 Å². The number of nitrogens with zero attached hydrogens (tertiary/aromatic N) is 1. The van der Waals surface area contributed by atoms with Gasteiger partial charge in [-0.15, -0.1) is 0 Å². The molecule has 0 radical (unpaired) electrons. The highest BCUT2D eigenvalue weighted by molar-refractivity contribution is 5.45. The number of rotatable bonds is 3. The fourth-order valence-electron chi connectivity index (χ4n) is 3.85. The molecule has 2 aliphatic heterocycles. The monoisotopic (exact) mass is 325 g/mol. The van der Waals surface area contributed by atoms with Gasteiger partial charge >= 0.3 is 0 Å². The fourth-order valence-corrected chi connectivity index (χ4v) is 3.85. The molecule has 126 valence electrons. The number of ether oxygens (including phenoxy) is 3. The molecule has 2 atom stereocenters. The summed E-state index contributed by atoms with van der Waals surface area (Å²) in [6.07, 6.45) is 1.15. The largest absolute Gasteiger partial charge is 0.497 e. The van der Waals surface area contributed by atoms with Crippen LogP contribution in [0.1, 0.15) is 29.4 Å². The predicted molar refractivity (Wildman–Crippen MR) is 93.2 cm³/mol. The van der Waals surface area contributed by atoms with Crippen LogP contribution in [-0.4, -0.2) is 38.9 Å². The van der Waals surface area contributed by atoms with Gasteiger partial charge in [-0.05, 0) is 60.7 Å². The number of likely N-dealkylation sites (tertiary alicyclic amines) is 1. The van der Waals surface area contributed by atoms with Crippen molar-refractivity contribution in [3.8, 4) is 17.2 Å². The van der Waals surface area contributed by atoms with E-state index in [1.807, 2.05) is 6.07 Å². The number of fused-ring (bicyclic) bond motifs is 1. The topological polar surface area (TPSA) is 30.9 Å². The normalized spacial score (nSPS) is 23.2. The number of hydrogen-bond donors (Lipinski definition) is 0. The Balaban J connectivity index is 1.56. The molecule has 0 spiro atoms. The number of benzene rings is 2. The fraction of sp³-hybridized carbons (Fsp3) is 0.400. The molecule has 2 unspecified atom stereocenters. The van der Waals surface area contributed by atoms with Crippen molar-refractivity contribution in [1.82, 2.24) is 4.90 Å². The quantitative estimate of drug-likeness (QED) is 0.862. The van der Waals surface area contributed by atoms with Crippen LogP contribution in [0, 0.1) is 0 Å². The van der Waals surface area contributed by atoms with Crippen molar-refractivity contribution in [3.05, 3.63) is 53.6 Å².